The van der Waals surface area contributed by atoms with Crippen molar-refractivity contribution in [2.75, 3.05) is 45.9 Å². The van der Waals surface area contributed by atoms with Crippen LogP contribution < -0.4 is 10.1 Å². The third-order valence-corrected chi connectivity index (χ3v) is 6.07. The first-order valence-electron chi connectivity index (χ1n) is 10.7. The fourth-order valence-corrected chi connectivity index (χ4v) is 4.32. The van der Waals surface area contributed by atoms with E-state index >= 15 is 0 Å². The quantitative estimate of drug-likeness (QED) is 0.676. The van der Waals surface area contributed by atoms with E-state index in [1.54, 1.807) is 0 Å². The second-order valence-electron chi connectivity index (χ2n) is 8.18. The zero-order valence-corrected chi connectivity index (χ0v) is 17.2. The summed E-state index contributed by atoms with van der Waals surface area (Å²) < 4.78 is 6.00. The predicted octanol–water partition coefficient (Wildman–Crippen LogP) is 2.01. The highest BCUT2D eigenvalue weighted by Gasteiger charge is 2.42. The predicted molar refractivity (Wildman–Crippen MR) is 110 cm³/mol. The minimum Gasteiger partial charge on any atom is -0.492 e. The molecule has 2 saturated heterocycles. The number of nitrogens with one attached hydrogen (secondary N) is 1. The van der Waals surface area contributed by atoms with Gasteiger partial charge in [0.1, 0.15) is 12.4 Å². The monoisotopic (exact) mass is 389 g/mol. The number of aliphatic hydroxyl groups is 1. The van der Waals surface area contributed by atoms with Gasteiger partial charge in [-0.25, -0.2) is 0 Å². The lowest BCUT2D eigenvalue weighted by atomic mass is 9.97. The van der Waals surface area contributed by atoms with E-state index in [0.29, 0.717) is 13.2 Å². The van der Waals surface area contributed by atoms with Crippen molar-refractivity contribution in [3.8, 4) is 5.75 Å². The van der Waals surface area contributed by atoms with Gasteiger partial charge in [-0.3, -0.25) is 14.6 Å². The van der Waals surface area contributed by atoms with Crippen LogP contribution in [0, 0.1) is 0 Å². The Morgan fingerprint density at radius 2 is 2.04 bits per heavy atom. The van der Waals surface area contributed by atoms with Crippen molar-refractivity contribution in [3.05, 3.63) is 29.8 Å². The maximum Gasteiger partial charge on any atom is 0.240 e. The maximum absolute atomic E-state index is 12.6. The molecule has 1 aromatic rings. The molecule has 2 heterocycles. The number of rotatable bonds is 9. The van der Waals surface area contributed by atoms with Gasteiger partial charge in [0, 0.05) is 19.6 Å². The van der Waals surface area contributed by atoms with Crippen LogP contribution in [0.4, 0.5) is 0 Å². The number of nitrogens with zero attached hydrogens (tertiary/aromatic N) is 2. The summed E-state index contributed by atoms with van der Waals surface area (Å²) >= 11 is 0. The highest BCUT2D eigenvalue weighted by molar-refractivity contribution is 5.86. The Kier molecular flexibility index (Phi) is 7.71. The number of hydrogen-bond acceptors (Lipinski definition) is 5. The second-order valence-corrected chi connectivity index (χ2v) is 8.18. The van der Waals surface area contributed by atoms with Crippen molar-refractivity contribution in [1.82, 2.24) is 15.1 Å². The van der Waals surface area contributed by atoms with Crippen molar-refractivity contribution in [1.29, 1.82) is 0 Å². The summed E-state index contributed by atoms with van der Waals surface area (Å²) in [5.41, 5.74) is 0.652. The Morgan fingerprint density at radius 3 is 2.82 bits per heavy atom. The van der Waals surface area contributed by atoms with Crippen LogP contribution in [0.25, 0.3) is 0 Å². The number of aliphatic hydroxyl groups excluding tert-OH is 1. The van der Waals surface area contributed by atoms with Crippen molar-refractivity contribution in [2.45, 2.75) is 51.1 Å². The average Bonchev–Trinajstić information content (AvgIpc) is 3.09. The van der Waals surface area contributed by atoms with E-state index in [2.05, 4.69) is 27.2 Å². The Bertz CT molecular complexity index is 633. The molecule has 0 bridgehead atoms. The van der Waals surface area contributed by atoms with Crippen molar-refractivity contribution in [3.63, 3.8) is 0 Å². The number of carbonyl (C=O) groups excluding carboxylic acids is 1. The van der Waals surface area contributed by atoms with Gasteiger partial charge in [0.2, 0.25) is 5.91 Å². The lowest BCUT2D eigenvalue weighted by Crippen LogP contribution is -2.53. The lowest BCUT2D eigenvalue weighted by molar-refractivity contribution is -0.131. The number of piperidine rings is 1. The van der Waals surface area contributed by atoms with Gasteiger partial charge in [0.25, 0.3) is 0 Å². The van der Waals surface area contributed by atoms with Gasteiger partial charge in [0.05, 0.1) is 12.1 Å². The van der Waals surface area contributed by atoms with Gasteiger partial charge >= 0.3 is 0 Å². The summed E-state index contributed by atoms with van der Waals surface area (Å²) in [6.45, 7) is 8.00. The number of hydrogen-bond donors (Lipinski definition) is 2. The van der Waals surface area contributed by atoms with Gasteiger partial charge in [-0.15, -0.1) is 0 Å². The molecule has 1 amide bonds. The van der Waals surface area contributed by atoms with Crippen LogP contribution in [-0.2, 0) is 11.3 Å². The first-order chi connectivity index (χ1) is 13.6. The molecule has 2 N–H and O–H groups in total. The van der Waals surface area contributed by atoms with E-state index in [4.69, 9.17) is 9.84 Å². The largest absolute Gasteiger partial charge is 0.492 e. The minimum absolute atomic E-state index is 0.00739. The van der Waals surface area contributed by atoms with Gasteiger partial charge in [0.15, 0.2) is 0 Å². The molecule has 0 saturated carbocycles. The summed E-state index contributed by atoms with van der Waals surface area (Å²) in [7, 11) is 0. The molecule has 0 spiro atoms. The van der Waals surface area contributed by atoms with E-state index in [9.17, 15) is 4.79 Å². The Hall–Kier alpha value is -1.63. The first kappa shape index (κ1) is 21.1. The third kappa shape index (κ3) is 5.46. The second kappa shape index (κ2) is 10.2. The summed E-state index contributed by atoms with van der Waals surface area (Å²) in [5, 5.41) is 11.8. The van der Waals surface area contributed by atoms with Crippen LogP contribution in [-0.4, -0.2) is 72.3 Å². The lowest BCUT2D eigenvalue weighted by Gasteiger charge is -2.34. The number of amides is 1. The highest BCUT2D eigenvalue weighted by atomic mass is 16.5. The van der Waals surface area contributed by atoms with Crippen LogP contribution in [0.15, 0.2) is 24.3 Å². The normalized spacial score (nSPS) is 23.6. The highest BCUT2D eigenvalue weighted by Crippen LogP contribution is 2.31. The summed E-state index contributed by atoms with van der Waals surface area (Å²) in [4.78, 5) is 17.3. The number of ether oxygens (including phenoxy) is 1. The molecule has 0 unspecified atom stereocenters. The molecule has 156 valence electrons. The summed E-state index contributed by atoms with van der Waals surface area (Å²) in [6, 6.07) is 8.24. The Balaban J connectivity index is 1.53. The maximum atomic E-state index is 12.6. The summed E-state index contributed by atoms with van der Waals surface area (Å²) in [6.07, 6.45) is 5.81. The fourth-order valence-electron chi connectivity index (χ4n) is 4.32. The fraction of sp³-hybridized carbons (Fsp3) is 0.682. The number of benzene rings is 1. The van der Waals surface area contributed by atoms with Gasteiger partial charge < -0.3 is 15.2 Å². The zero-order valence-electron chi connectivity index (χ0n) is 17.2. The molecule has 2 fully saturated rings. The van der Waals surface area contributed by atoms with Crippen LogP contribution in [0.2, 0.25) is 0 Å². The van der Waals surface area contributed by atoms with E-state index in [1.165, 1.54) is 37.9 Å². The molecule has 6 nitrogen and oxygen atoms in total. The molecule has 3 rings (SSSR count). The topological polar surface area (TPSA) is 65.0 Å². The minimum atomic E-state index is -0.514. The molecular formula is C22H35N3O3. The van der Waals surface area contributed by atoms with E-state index in [0.717, 1.165) is 38.2 Å². The van der Waals surface area contributed by atoms with E-state index in [1.807, 2.05) is 19.1 Å². The van der Waals surface area contributed by atoms with Crippen LogP contribution in [0.3, 0.4) is 0 Å². The first-order valence-corrected chi connectivity index (χ1v) is 10.7. The Labute approximate surface area is 168 Å². The molecule has 0 aromatic heterocycles. The van der Waals surface area contributed by atoms with Gasteiger partial charge in [-0.05, 0) is 69.9 Å². The molecule has 6 heteroatoms. The zero-order chi connectivity index (χ0) is 19.8. The van der Waals surface area contributed by atoms with E-state index in [-0.39, 0.29) is 12.5 Å². The van der Waals surface area contributed by atoms with Crippen molar-refractivity contribution >= 4 is 5.91 Å². The number of likely N-dealkylation sites (tertiary alicyclic amines) is 2. The van der Waals surface area contributed by atoms with Crippen molar-refractivity contribution < 1.29 is 14.6 Å². The van der Waals surface area contributed by atoms with Crippen molar-refractivity contribution in [2.24, 2.45) is 0 Å². The smallest absolute Gasteiger partial charge is 0.240 e. The summed E-state index contributed by atoms with van der Waals surface area (Å²) in [5.74, 6) is 0.910. The third-order valence-electron chi connectivity index (χ3n) is 6.07. The molecule has 1 atom stereocenters. The van der Waals surface area contributed by atoms with Crippen LogP contribution in [0.5, 0.6) is 5.75 Å². The van der Waals surface area contributed by atoms with Gasteiger partial charge in [-0.2, -0.15) is 0 Å². The average molecular weight is 390 g/mol. The molecule has 2 aliphatic rings. The Morgan fingerprint density at radius 1 is 1.21 bits per heavy atom. The standard InChI is InChI=1S/C22H35N3O3/c1-22(21(27)23-10-15-26)9-6-13-25(22)18-19-7-5-8-20(17-19)28-16-14-24-11-3-2-4-12-24/h5,7-8,17,26H,2-4,6,9-16,18H2,1H3,(H,23,27)/t22-/m1/s1. The van der Waals surface area contributed by atoms with Gasteiger partial charge in [-0.1, -0.05) is 18.6 Å². The number of carbonyl (C=O) groups is 1. The molecular weight excluding hydrogens is 354 g/mol. The SMILES string of the molecule is C[C@]1(C(=O)NCCO)CCCN1Cc1cccc(OCCN2CCCCC2)c1. The molecule has 2 aliphatic heterocycles. The van der Waals surface area contributed by atoms with E-state index < -0.39 is 5.54 Å². The molecule has 0 aliphatic carbocycles. The molecule has 28 heavy (non-hydrogen) atoms. The molecule has 1 aromatic carbocycles. The van der Waals surface area contributed by atoms with Crippen LogP contribution >= 0.6 is 0 Å². The molecule has 0 radical (unpaired) electrons. The van der Waals surface area contributed by atoms with Crippen LogP contribution in [0.1, 0.15) is 44.6 Å².